The number of hydrogen-bond donors (Lipinski definition) is 1. The van der Waals surface area contributed by atoms with Crippen molar-refractivity contribution >= 4 is 0 Å². The molecule has 1 N–H and O–H groups in total. The molecule has 104 valence electrons. The second kappa shape index (κ2) is 6.36. The van der Waals surface area contributed by atoms with E-state index in [1.165, 1.54) is 0 Å². The first-order chi connectivity index (χ1) is 9.73. The van der Waals surface area contributed by atoms with Crippen LogP contribution in [0.5, 0.6) is 0 Å². The topological polar surface area (TPSA) is 53.6 Å². The summed E-state index contributed by atoms with van der Waals surface area (Å²) < 4.78 is 1.90. The molecular weight excluding hydrogens is 248 g/mol. The molecule has 0 bridgehead atoms. The number of rotatable bonds is 5. The molecule has 0 unspecified atom stereocenters. The molecule has 0 saturated carbocycles. The first-order valence-corrected chi connectivity index (χ1v) is 6.99. The van der Waals surface area contributed by atoms with Gasteiger partial charge in [-0.05, 0) is 43.7 Å². The van der Waals surface area contributed by atoms with Gasteiger partial charge in [-0.25, -0.2) is 4.68 Å². The van der Waals surface area contributed by atoms with Crippen molar-refractivity contribution < 1.29 is 0 Å². The smallest absolute Gasteiger partial charge is 0.101 e. The Balaban J connectivity index is 2.52. The molecule has 0 aliphatic carbocycles. The molecular formula is C16H20N4. The van der Waals surface area contributed by atoms with Crippen LogP contribution in [0.1, 0.15) is 36.4 Å². The predicted octanol–water partition coefficient (Wildman–Crippen LogP) is 2.59. The first-order valence-electron chi connectivity index (χ1n) is 6.99. The Hall–Kier alpha value is -2.12. The van der Waals surface area contributed by atoms with Gasteiger partial charge in [0.1, 0.15) is 6.07 Å². The third-order valence-corrected chi connectivity index (χ3v) is 3.35. The highest BCUT2D eigenvalue weighted by Gasteiger charge is 2.11. The molecule has 0 spiro atoms. The van der Waals surface area contributed by atoms with Crippen molar-refractivity contribution in [3.8, 4) is 11.8 Å². The number of nitriles is 1. The lowest BCUT2D eigenvalue weighted by Gasteiger charge is -2.09. The highest BCUT2D eigenvalue weighted by Crippen LogP contribution is 2.19. The summed E-state index contributed by atoms with van der Waals surface area (Å²) in [5.74, 6) is 0. The Morgan fingerprint density at radius 3 is 2.65 bits per heavy atom. The van der Waals surface area contributed by atoms with Gasteiger partial charge in [-0.1, -0.05) is 19.9 Å². The summed E-state index contributed by atoms with van der Waals surface area (Å²) in [6.07, 6.45) is 1.80. The van der Waals surface area contributed by atoms with E-state index in [2.05, 4.69) is 36.4 Å². The Morgan fingerprint density at radius 2 is 2.05 bits per heavy atom. The second-order valence-corrected chi connectivity index (χ2v) is 4.74. The van der Waals surface area contributed by atoms with Crippen LogP contribution in [-0.2, 0) is 19.4 Å². The van der Waals surface area contributed by atoms with E-state index >= 15 is 0 Å². The molecule has 1 aromatic heterocycles. The molecule has 0 radical (unpaired) electrons. The van der Waals surface area contributed by atoms with Crippen LogP contribution in [0.15, 0.2) is 24.3 Å². The molecule has 20 heavy (non-hydrogen) atoms. The van der Waals surface area contributed by atoms with Gasteiger partial charge in [-0.3, -0.25) is 0 Å². The van der Waals surface area contributed by atoms with E-state index in [9.17, 15) is 5.26 Å². The monoisotopic (exact) mass is 268 g/mol. The average molecular weight is 268 g/mol. The zero-order valence-corrected chi connectivity index (χ0v) is 12.3. The number of hydrogen-bond acceptors (Lipinski definition) is 3. The summed E-state index contributed by atoms with van der Waals surface area (Å²) in [5, 5.41) is 17.1. The quantitative estimate of drug-likeness (QED) is 0.906. The molecule has 0 amide bonds. The average Bonchev–Trinajstić information content (AvgIpc) is 2.90. The molecule has 0 atom stereocenters. The third-order valence-electron chi connectivity index (χ3n) is 3.35. The van der Waals surface area contributed by atoms with Crippen molar-refractivity contribution in [3.63, 3.8) is 0 Å². The van der Waals surface area contributed by atoms with Gasteiger partial charge in [-0.15, -0.1) is 0 Å². The van der Waals surface area contributed by atoms with Crippen molar-refractivity contribution in [1.82, 2.24) is 15.1 Å². The summed E-state index contributed by atoms with van der Waals surface area (Å²) in [7, 11) is 1.90. The zero-order chi connectivity index (χ0) is 14.5. The third kappa shape index (κ3) is 2.73. The van der Waals surface area contributed by atoms with E-state index in [1.54, 1.807) is 0 Å². The van der Waals surface area contributed by atoms with Crippen LogP contribution in [-0.4, -0.2) is 16.8 Å². The van der Waals surface area contributed by atoms with Crippen molar-refractivity contribution in [3.05, 3.63) is 46.8 Å². The summed E-state index contributed by atoms with van der Waals surface area (Å²) in [6, 6.07) is 10.3. The Morgan fingerprint density at radius 1 is 1.25 bits per heavy atom. The van der Waals surface area contributed by atoms with Crippen LogP contribution in [0.3, 0.4) is 0 Å². The summed E-state index contributed by atoms with van der Waals surface area (Å²) in [5.41, 5.74) is 4.83. The molecule has 4 nitrogen and oxygen atoms in total. The molecule has 2 rings (SSSR count). The van der Waals surface area contributed by atoms with Crippen molar-refractivity contribution in [1.29, 1.82) is 5.26 Å². The zero-order valence-electron chi connectivity index (χ0n) is 12.3. The van der Waals surface area contributed by atoms with Crippen LogP contribution in [0.2, 0.25) is 0 Å². The Kier molecular flexibility index (Phi) is 4.54. The normalized spacial score (nSPS) is 10.5. The van der Waals surface area contributed by atoms with E-state index in [0.29, 0.717) is 5.56 Å². The van der Waals surface area contributed by atoms with Crippen LogP contribution < -0.4 is 5.32 Å². The fourth-order valence-corrected chi connectivity index (χ4v) is 2.28. The minimum absolute atomic E-state index is 0.665. The van der Waals surface area contributed by atoms with Crippen LogP contribution in [0.4, 0.5) is 0 Å². The van der Waals surface area contributed by atoms with Gasteiger partial charge in [0.15, 0.2) is 0 Å². The van der Waals surface area contributed by atoms with Crippen LogP contribution in [0.25, 0.3) is 5.69 Å². The minimum atomic E-state index is 0.665. The molecule has 0 aliphatic heterocycles. The maximum Gasteiger partial charge on any atom is 0.101 e. The largest absolute Gasteiger partial charge is 0.316 e. The first kappa shape index (κ1) is 14.3. The lowest BCUT2D eigenvalue weighted by atomic mass is 10.1. The maximum atomic E-state index is 9.39. The fourth-order valence-electron chi connectivity index (χ4n) is 2.28. The van der Waals surface area contributed by atoms with Gasteiger partial charge in [0.2, 0.25) is 0 Å². The lowest BCUT2D eigenvalue weighted by Crippen LogP contribution is -2.08. The molecule has 0 aliphatic rings. The van der Waals surface area contributed by atoms with Gasteiger partial charge in [0.05, 0.1) is 16.9 Å². The highest BCUT2D eigenvalue weighted by atomic mass is 15.3. The fraction of sp³-hybridized carbons (Fsp3) is 0.375. The van der Waals surface area contributed by atoms with E-state index in [4.69, 9.17) is 0 Å². The number of nitrogens with one attached hydrogen (secondary N) is 1. The number of nitrogens with zero attached hydrogens (tertiary/aromatic N) is 3. The lowest BCUT2D eigenvalue weighted by molar-refractivity contribution is 0.787. The minimum Gasteiger partial charge on any atom is -0.316 e. The molecule has 2 aromatic rings. The summed E-state index contributed by atoms with van der Waals surface area (Å²) >= 11 is 0. The van der Waals surface area contributed by atoms with Gasteiger partial charge in [-0.2, -0.15) is 10.4 Å². The maximum absolute atomic E-state index is 9.39. The van der Waals surface area contributed by atoms with Gasteiger partial charge >= 0.3 is 0 Å². The Labute approximate surface area is 120 Å². The Bertz CT molecular complexity index is 634. The molecule has 0 fully saturated rings. The summed E-state index contributed by atoms with van der Waals surface area (Å²) in [4.78, 5) is 0. The number of aromatic nitrogens is 2. The van der Waals surface area contributed by atoms with Crippen molar-refractivity contribution in [2.75, 3.05) is 7.05 Å². The van der Waals surface area contributed by atoms with Crippen molar-refractivity contribution in [2.45, 2.75) is 33.2 Å². The molecule has 4 heteroatoms. The highest BCUT2D eigenvalue weighted by molar-refractivity contribution is 5.51. The second-order valence-electron chi connectivity index (χ2n) is 4.74. The van der Waals surface area contributed by atoms with Crippen LogP contribution in [0, 0.1) is 11.3 Å². The van der Waals surface area contributed by atoms with Gasteiger partial charge in [0.25, 0.3) is 0 Å². The molecule has 0 saturated heterocycles. The van der Waals surface area contributed by atoms with Crippen LogP contribution >= 0.6 is 0 Å². The number of benzene rings is 1. The van der Waals surface area contributed by atoms with Crippen molar-refractivity contribution in [2.24, 2.45) is 0 Å². The standard InChI is InChI=1S/C16H20N4/c1-4-14-9-15(5-2)20(19-14)16-7-6-12(11-18-3)8-13(16)10-17/h6-9,18H,4-5,11H2,1-3H3. The van der Waals surface area contributed by atoms with E-state index in [1.807, 2.05) is 29.9 Å². The molecule has 1 heterocycles. The SMILES string of the molecule is CCc1cc(CC)n(-c2ccc(CNC)cc2C#N)n1. The van der Waals surface area contributed by atoms with Gasteiger partial charge in [0, 0.05) is 12.2 Å². The predicted molar refractivity (Wildman–Crippen MR) is 79.8 cm³/mol. The number of aryl methyl sites for hydroxylation is 2. The van der Waals surface area contributed by atoms with E-state index in [0.717, 1.165) is 42.0 Å². The van der Waals surface area contributed by atoms with Gasteiger partial charge < -0.3 is 5.32 Å². The van der Waals surface area contributed by atoms with E-state index in [-0.39, 0.29) is 0 Å². The summed E-state index contributed by atoms with van der Waals surface area (Å²) in [6.45, 7) is 4.95. The van der Waals surface area contributed by atoms with E-state index < -0.39 is 0 Å². The molecule has 1 aromatic carbocycles.